The minimum Gasteiger partial charge on any atom is -0.480 e. The van der Waals surface area contributed by atoms with Gasteiger partial charge in [-0.15, -0.1) is 0 Å². The predicted octanol–water partition coefficient (Wildman–Crippen LogP) is 2.23. The van der Waals surface area contributed by atoms with Crippen molar-refractivity contribution in [3.8, 4) is 11.8 Å². The zero-order valence-corrected chi connectivity index (χ0v) is 13.5. The Bertz CT molecular complexity index is 754. The number of halogens is 1. The quantitative estimate of drug-likeness (QED) is 0.859. The van der Waals surface area contributed by atoms with Gasteiger partial charge in [0.25, 0.3) is 5.91 Å². The minimum atomic E-state index is -0.375. The number of amides is 1. The van der Waals surface area contributed by atoms with E-state index in [-0.39, 0.29) is 17.8 Å². The van der Waals surface area contributed by atoms with Gasteiger partial charge in [0.1, 0.15) is 11.9 Å². The van der Waals surface area contributed by atoms with Gasteiger partial charge in [-0.3, -0.25) is 9.78 Å². The Kier molecular flexibility index (Phi) is 4.59. The van der Waals surface area contributed by atoms with E-state index in [1.165, 1.54) is 25.6 Å². The molecule has 1 fully saturated rings. The van der Waals surface area contributed by atoms with Crippen molar-refractivity contribution in [1.29, 1.82) is 0 Å². The fraction of sp³-hybridized carbons (Fsp3) is 0.353. The second kappa shape index (κ2) is 6.82. The number of benzene rings is 1. The van der Waals surface area contributed by atoms with Crippen LogP contribution in [0.1, 0.15) is 22.3 Å². The molecule has 0 bridgehead atoms. The average Bonchev–Trinajstić information content (AvgIpc) is 3.05. The van der Waals surface area contributed by atoms with Crippen molar-refractivity contribution in [2.45, 2.75) is 19.4 Å². The smallest absolute Gasteiger partial charge is 0.254 e. The number of rotatable bonds is 4. The lowest BCUT2D eigenvalue weighted by molar-refractivity contribution is 0.0770. The van der Waals surface area contributed by atoms with Crippen LogP contribution in [0, 0.1) is 12.7 Å². The van der Waals surface area contributed by atoms with Crippen molar-refractivity contribution in [2.24, 2.45) is 0 Å². The first-order chi connectivity index (χ1) is 11.6. The number of hydrogen-bond donors (Lipinski definition) is 0. The number of aryl methyl sites for hydroxylation is 1. The molecule has 7 heteroatoms. The fourth-order valence-electron chi connectivity index (χ4n) is 2.57. The molecule has 1 aromatic heterocycles. The van der Waals surface area contributed by atoms with Crippen LogP contribution in [0.2, 0.25) is 0 Å². The fourth-order valence-corrected chi connectivity index (χ4v) is 2.57. The lowest BCUT2D eigenvalue weighted by atomic mass is 10.1. The van der Waals surface area contributed by atoms with Crippen LogP contribution in [0.5, 0.6) is 11.8 Å². The SMILES string of the molecule is COc1cncc(OC2CCN(C(=O)c3ccc(C)c(F)c3)C2)n1. The van der Waals surface area contributed by atoms with Gasteiger partial charge in [0.2, 0.25) is 11.8 Å². The summed E-state index contributed by atoms with van der Waals surface area (Å²) in [4.78, 5) is 22.2. The van der Waals surface area contributed by atoms with Crippen molar-refractivity contribution in [3.05, 3.63) is 47.5 Å². The lowest BCUT2D eigenvalue weighted by Crippen LogP contribution is -2.31. The first-order valence-corrected chi connectivity index (χ1v) is 7.65. The molecule has 3 rings (SSSR count). The molecule has 1 aromatic carbocycles. The number of ether oxygens (including phenoxy) is 2. The summed E-state index contributed by atoms with van der Waals surface area (Å²) in [6, 6.07) is 4.53. The third-order valence-corrected chi connectivity index (χ3v) is 3.94. The molecule has 1 unspecified atom stereocenters. The standard InChI is InChI=1S/C17H18FN3O3/c1-11-3-4-12(7-14(11)18)17(22)21-6-5-13(10-21)24-16-9-19-8-15(20-16)23-2/h3-4,7-9,13H,5-6,10H2,1-2H3. The van der Waals surface area contributed by atoms with E-state index in [0.717, 1.165) is 0 Å². The van der Waals surface area contributed by atoms with Crippen LogP contribution in [0.15, 0.2) is 30.6 Å². The van der Waals surface area contributed by atoms with Gasteiger partial charge in [0.05, 0.1) is 26.0 Å². The van der Waals surface area contributed by atoms with E-state index in [4.69, 9.17) is 9.47 Å². The molecule has 0 spiro atoms. The predicted molar refractivity (Wildman–Crippen MR) is 84.7 cm³/mol. The summed E-state index contributed by atoms with van der Waals surface area (Å²) in [5.41, 5.74) is 0.866. The molecule has 2 aromatic rings. The molecule has 1 atom stereocenters. The molecule has 1 aliphatic heterocycles. The zero-order valence-electron chi connectivity index (χ0n) is 13.5. The van der Waals surface area contributed by atoms with E-state index in [9.17, 15) is 9.18 Å². The van der Waals surface area contributed by atoms with Gasteiger partial charge in [-0.25, -0.2) is 4.39 Å². The van der Waals surface area contributed by atoms with E-state index in [1.807, 2.05) is 0 Å². The minimum absolute atomic E-state index is 0.175. The number of nitrogens with zero attached hydrogens (tertiary/aromatic N) is 3. The van der Waals surface area contributed by atoms with Crippen LogP contribution in [0.25, 0.3) is 0 Å². The van der Waals surface area contributed by atoms with Crippen LogP contribution >= 0.6 is 0 Å². The average molecular weight is 331 g/mol. The van der Waals surface area contributed by atoms with E-state index in [1.54, 1.807) is 24.0 Å². The van der Waals surface area contributed by atoms with Gasteiger partial charge in [-0.05, 0) is 24.6 Å². The molecule has 0 aliphatic carbocycles. The molecule has 1 aliphatic rings. The number of hydrogen-bond acceptors (Lipinski definition) is 5. The Morgan fingerprint density at radius 2 is 2.12 bits per heavy atom. The van der Waals surface area contributed by atoms with Crippen molar-refractivity contribution in [2.75, 3.05) is 20.2 Å². The summed E-state index contributed by atoms with van der Waals surface area (Å²) in [6.45, 7) is 2.64. The van der Waals surface area contributed by atoms with Crippen LogP contribution in [-0.2, 0) is 0 Å². The zero-order chi connectivity index (χ0) is 17.1. The maximum Gasteiger partial charge on any atom is 0.254 e. The molecule has 0 radical (unpaired) electrons. The first kappa shape index (κ1) is 16.2. The Balaban J connectivity index is 1.64. The number of carbonyl (C=O) groups excluding carboxylic acids is 1. The molecular weight excluding hydrogens is 313 g/mol. The summed E-state index contributed by atoms with van der Waals surface area (Å²) >= 11 is 0. The normalized spacial score (nSPS) is 17.0. The summed E-state index contributed by atoms with van der Waals surface area (Å²) in [6.07, 6.45) is 3.50. The molecule has 0 N–H and O–H groups in total. The Morgan fingerprint density at radius 1 is 1.33 bits per heavy atom. The first-order valence-electron chi connectivity index (χ1n) is 7.65. The van der Waals surface area contributed by atoms with E-state index in [0.29, 0.717) is 42.4 Å². The van der Waals surface area contributed by atoms with Crippen molar-refractivity contribution in [1.82, 2.24) is 14.9 Å². The van der Waals surface area contributed by atoms with E-state index >= 15 is 0 Å². The van der Waals surface area contributed by atoms with Gasteiger partial charge in [0, 0.05) is 18.5 Å². The third-order valence-electron chi connectivity index (χ3n) is 3.94. The Labute approximate surface area is 139 Å². The Morgan fingerprint density at radius 3 is 2.88 bits per heavy atom. The van der Waals surface area contributed by atoms with Crippen LogP contribution < -0.4 is 9.47 Å². The third kappa shape index (κ3) is 3.45. The summed E-state index contributed by atoms with van der Waals surface area (Å²) in [7, 11) is 1.50. The summed E-state index contributed by atoms with van der Waals surface area (Å²) in [5.74, 6) is 0.153. The van der Waals surface area contributed by atoms with Crippen LogP contribution in [-0.4, -0.2) is 47.1 Å². The second-order valence-electron chi connectivity index (χ2n) is 5.64. The Hall–Kier alpha value is -2.70. The van der Waals surface area contributed by atoms with Gasteiger partial charge < -0.3 is 14.4 Å². The number of likely N-dealkylation sites (tertiary alicyclic amines) is 1. The molecule has 0 saturated carbocycles. The molecule has 6 nitrogen and oxygen atoms in total. The van der Waals surface area contributed by atoms with Gasteiger partial charge in [-0.1, -0.05) is 6.07 Å². The summed E-state index contributed by atoms with van der Waals surface area (Å²) in [5, 5.41) is 0. The van der Waals surface area contributed by atoms with Gasteiger partial charge in [0.15, 0.2) is 0 Å². The van der Waals surface area contributed by atoms with Crippen molar-refractivity contribution < 1.29 is 18.7 Å². The molecule has 1 saturated heterocycles. The van der Waals surface area contributed by atoms with Crippen molar-refractivity contribution in [3.63, 3.8) is 0 Å². The second-order valence-corrected chi connectivity index (χ2v) is 5.64. The molecule has 2 heterocycles. The topological polar surface area (TPSA) is 64.6 Å². The summed E-state index contributed by atoms with van der Waals surface area (Å²) < 4.78 is 24.4. The van der Waals surface area contributed by atoms with Gasteiger partial charge in [-0.2, -0.15) is 4.98 Å². The lowest BCUT2D eigenvalue weighted by Gasteiger charge is -2.17. The molecule has 1 amide bonds. The largest absolute Gasteiger partial charge is 0.480 e. The highest BCUT2D eigenvalue weighted by Gasteiger charge is 2.29. The molecule has 24 heavy (non-hydrogen) atoms. The monoisotopic (exact) mass is 331 g/mol. The maximum absolute atomic E-state index is 13.6. The van der Waals surface area contributed by atoms with Crippen molar-refractivity contribution >= 4 is 5.91 Å². The number of carbonyl (C=O) groups is 1. The molecule has 126 valence electrons. The van der Waals surface area contributed by atoms with Gasteiger partial charge >= 0.3 is 0 Å². The number of aromatic nitrogens is 2. The maximum atomic E-state index is 13.6. The van der Waals surface area contributed by atoms with E-state index < -0.39 is 0 Å². The highest BCUT2D eigenvalue weighted by molar-refractivity contribution is 5.94. The molecular formula is C17H18FN3O3. The van der Waals surface area contributed by atoms with Crippen LogP contribution in [0.4, 0.5) is 4.39 Å². The highest BCUT2D eigenvalue weighted by atomic mass is 19.1. The highest BCUT2D eigenvalue weighted by Crippen LogP contribution is 2.20. The number of methoxy groups -OCH3 is 1. The van der Waals surface area contributed by atoms with E-state index in [2.05, 4.69) is 9.97 Å². The van der Waals surface area contributed by atoms with Crippen LogP contribution in [0.3, 0.4) is 0 Å².